The van der Waals surface area contributed by atoms with Gasteiger partial charge in [0, 0.05) is 19.1 Å². The van der Waals surface area contributed by atoms with E-state index in [-0.39, 0.29) is 24.6 Å². The predicted octanol–water partition coefficient (Wildman–Crippen LogP) is 0.850. The molecule has 4 heteroatoms. The molecule has 0 aliphatic rings. The van der Waals surface area contributed by atoms with Crippen molar-refractivity contribution in [1.82, 2.24) is 10.2 Å². The van der Waals surface area contributed by atoms with Crippen LogP contribution in [0, 0.1) is 5.92 Å². The average Bonchev–Trinajstić information content (AvgIpc) is 2.21. The molecule has 0 heterocycles. The topological polar surface area (TPSA) is 52.6 Å². The highest BCUT2D eigenvalue weighted by Crippen LogP contribution is 2.04. The van der Waals surface area contributed by atoms with E-state index in [1.54, 1.807) is 11.9 Å². The van der Waals surface area contributed by atoms with Crippen LogP contribution in [0.4, 0.5) is 0 Å². The molecule has 96 valence electrons. The highest BCUT2D eigenvalue weighted by atomic mass is 16.3. The molecule has 0 saturated carbocycles. The highest BCUT2D eigenvalue weighted by molar-refractivity contribution is 5.78. The summed E-state index contributed by atoms with van der Waals surface area (Å²) in [4.78, 5) is 13.4. The first kappa shape index (κ1) is 15.4. The summed E-state index contributed by atoms with van der Waals surface area (Å²) >= 11 is 0. The molecule has 2 N–H and O–H groups in total. The number of rotatable bonds is 7. The number of carbonyl (C=O) groups excluding carboxylic acids is 1. The minimum absolute atomic E-state index is 0.0181. The van der Waals surface area contributed by atoms with Gasteiger partial charge in [-0.3, -0.25) is 4.79 Å². The maximum atomic E-state index is 11.7. The molecule has 0 fully saturated rings. The summed E-state index contributed by atoms with van der Waals surface area (Å²) in [5.41, 5.74) is 0. The van der Waals surface area contributed by atoms with E-state index in [4.69, 9.17) is 5.11 Å². The zero-order chi connectivity index (χ0) is 12.7. The van der Waals surface area contributed by atoms with Gasteiger partial charge in [0.05, 0.1) is 13.2 Å². The first-order chi connectivity index (χ1) is 7.38. The van der Waals surface area contributed by atoms with E-state index in [2.05, 4.69) is 19.2 Å². The molecule has 1 unspecified atom stereocenters. The second kappa shape index (κ2) is 7.63. The van der Waals surface area contributed by atoms with Gasteiger partial charge in [0.15, 0.2) is 0 Å². The van der Waals surface area contributed by atoms with Crippen LogP contribution in [0.3, 0.4) is 0 Å². The third kappa shape index (κ3) is 6.08. The lowest BCUT2D eigenvalue weighted by Crippen LogP contribution is -2.44. The Morgan fingerprint density at radius 1 is 1.31 bits per heavy atom. The number of aliphatic hydroxyl groups excluding tert-OH is 1. The third-order valence-electron chi connectivity index (χ3n) is 2.69. The third-order valence-corrected chi connectivity index (χ3v) is 2.69. The summed E-state index contributed by atoms with van der Waals surface area (Å²) in [5, 5.41) is 12.2. The van der Waals surface area contributed by atoms with Gasteiger partial charge >= 0.3 is 0 Å². The molecular weight excluding hydrogens is 204 g/mol. The maximum absolute atomic E-state index is 11.7. The molecule has 4 nitrogen and oxygen atoms in total. The summed E-state index contributed by atoms with van der Waals surface area (Å²) in [6, 6.07) is 0.233. The Morgan fingerprint density at radius 2 is 1.88 bits per heavy atom. The van der Waals surface area contributed by atoms with Crippen molar-refractivity contribution in [2.45, 2.75) is 46.2 Å². The van der Waals surface area contributed by atoms with E-state index >= 15 is 0 Å². The number of aliphatic hydroxyl groups is 1. The van der Waals surface area contributed by atoms with Crippen molar-refractivity contribution in [2.75, 3.05) is 20.2 Å². The molecule has 0 rings (SSSR count). The van der Waals surface area contributed by atoms with Gasteiger partial charge in [0.25, 0.3) is 0 Å². The van der Waals surface area contributed by atoms with Crippen molar-refractivity contribution < 1.29 is 9.90 Å². The molecule has 0 aliphatic heterocycles. The fourth-order valence-corrected chi connectivity index (χ4v) is 1.44. The molecule has 0 radical (unpaired) electrons. The normalized spacial score (nSPS) is 13.2. The molecule has 0 aromatic rings. The largest absolute Gasteiger partial charge is 0.395 e. The van der Waals surface area contributed by atoms with E-state index in [0.717, 1.165) is 6.42 Å². The molecule has 0 aromatic heterocycles. The van der Waals surface area contributed by atoms with Crippen LogP contribution in [0.5, 0.6) is 0 Å². The summed E-state index contributed by atoms with van der Waals surface area (Å²) in [6.45, 7) is 8.55. The van der Waals surface area contributed by atoms with Crippen LogP contribution in [0.25, 0.3) is 0 Å². The monoisotopic (exact) mass is 230 g/mol. The van der Waals surface area contributed by atoms with E-state index in [1.807, 2.05) is 13.8 Å². The Hall–Kier alpha value is -0.610. The van der Waals surface area contributed by atoms with Gasteiger partial charge in [-0.15, -0.1) is 0 Å². The number of hydrogen-bond acceptors (Lipinski definition) is 3. The minimum atomic E-state index is 0.0181. The van der Waals surface area contributed by atoms with Crippen molar-refractivity contribution in [1.29, 1.82) is 0 Å². The molecule has 16 heavy (non-hydrogen) atoms. The Kier molecular flexibility index (Phi) is 7.34. The van der Waals surface area contributed by atoms with Crippen LogP contribution in [0.1, 0.15) is 34.1 Å². The second-order valence-electron chi connectivity index (χ2n) is 4.99. The zero-order valence-corrected chi connectivity index (χ0v) is 11.2. The molecule has 1 atom stereocenters. The summed E-state index contributed by atoms with van der Waals surface area (Å²) in [6.07, 6.45) is 0.884. The number of likely N-dealkylation sites (N-methyl/N-ethyl adjacent to an activating group) is 1. The molecule has 0 aromatic carbocycles. The fraction of sp³-hybridized carbons (Fsp3) is 0.917. The van der Waals surface area contributed by atoms with Gasteiger partial charge in [-0.25, -0.2) is 0 Å². The summed E-state index contributed by atoms with van der Waals surface area (Å²) in [5.74, 6) is 0.583. The Labute approximate surface area is 99.0 Å². The fourth-order valence-electron chi connectivity index (χ4n) is 1.44. The van der Waals surface area contributed by atoms with Gasteiger partial charge in [-0.2, -0.15) is 0 Å². The lowest BCUT2D eigenvalue weighted by molar-refractivity contribution is -0.130. The number of nitrogens with zero attached hydrogens (tertiary/aromatic N) is 1. The van der Waals surface area contributed by atoms with Gasteiger partial charge in [0.1, 0.15) is 0 Å². The van der Waals surface area contributed by atoms with E-state index in [1.165, 1.54) is 0 Å². The lowest BCUT2D eigenvalue weighted by atomic mass is 10.0. The zero-order valence-electron chi connectivity index (χ0n) is 11.2. The van der Waals surface area contributed by atoms with Crippen molar-refractivity contribution >= 4 is 5.91 Å². The van der Waals surface area contributed by atoms with Crippen molar-refractivity contribution in [3.63, 3.8) is 0 Å². The predicted molar refractivity (Wildman–Crippen MR) is 66.2 cm³/mol. The average molecular weight is 230 g/mol. The number of hydrogen-bond donors (Lipinski definition) is 2. The van der Waals surface area contributed by atoms with E-state index in [0.29, 0.717) is 12.5 Å². The van der Waals surface area contributed by atoms with Gasteiger partial charge in [-0.1, -0.05) is 13.8 Å². The van der Waals surface area contributed by atoms with E-state index in [9.17, 15) is 4.79 Å². The molecule has 1 amide bonds. The van der Waals surface area contributed by atoms with Gasteiger partial charge in [0.2, 0.25) is 5.91 Å². The maximum Gasteiger partial charge on any atom is 0.236 e. The smallest absolute Gasteiger partial charge is 0.236 e. The SMILES string of the molecule is CC(C)CC(CO)NCC(=O)N(C)C(C)C. The first-order valence-electron chi connectivity index (χ1n) is 5.98. The Morgan fingerprint density at radius 3 is 2.25 bits per heavy atom. The standard InChI is InChI=1S/C12H26N2O2/c1-9(2)6-11(8-15)13-7-12(16)14(5)10(3)4/h9-11,13,15H,6-8H2,1-5H3. The molecule has 0 saturated heterocycles. The highest BCUT2D eigenvalue weighted by Gasteiger charge is 2.14. The summed E-state index contributed by atoms with van der Waals surface area (Å²) < 4.78 is 0. The second-order valence-corrected chi connectivity index (χ2v) is 4.99. The van der Waals surface area contributed by atoms with Crippen LogP contribution in [0.15, 0.2) is 0 Å². The number of carbonyl (C=O) groups is 1. The minimum Gasteiger partial charge on any atom is -0.395 e. The van der Waals surface area contributed by atoms with Crippen LogP contribution in [-0.4, -0.2) is 48.2 Å². The Bertz CT molecular complexity index is 205. The molecule has 0 spiro atoms. The van der Waals surface area contributed by atoms with Gasteiger partial charge in [-0.05, 0) is 26.2 Å². The number of amides is 1. The van der Waals surface area contributed by atoms with Crippen LogP contribution >= 0.6 is 0 Å². The summed E-state index contributed by atoms with van der Waals surface area (Å²) in [7, 11) is 1.80. The van der Waals surface area contributed by atoms with E-state index < -0.39 is 0 Å². The van der Waals surface area contributed by atoms with Gasteiger partial charge < -0.3 is 15.3 Å². The number of nitrogens with one attached hydrogen (secondary N) is 1. The molecule has 0 aliphatic carbocycles. The Balaban J connectivity index is 3.97. The van der Waals surface area contributed by atoms with Crippen molar-refractivity contribution in [3.8, 4) is 0 Å². The molecular formula is C12H26N2O2. The first-order valence-corrected chi connectivity index (χ1v) is 5.98. The van der Waals surface area contributed by atoms with Crippen LogP contribution < -0.4 is 5.32 Å². The molecule has 0 bridgehead atoms. The van der Waals surface area contributed by atoms with Crippen molar-refractivity contribution in [2.24, 2.45) is 5.92 Å². The quantitative estimate of drug-likeness (QED) is 0.682. The van der Waals surface area contributed by atoms with Crippen LogP contribution in [0.2, 0.25) is 0 Å². The van der Waals surface area contributed by atoms with Crippen molar-refractivity contribution in [3.05, 3.63) is 0 Å². The van der Waals surface area contributed by atoms with Crippen LogP contribution in [-0.2, 0) is 4.79 Å². The lowest BCUT2D eigenvalue weighted by Gasteiger charge is -2.24.